The predicted molar refractivity (Wildman–Crippen MR) is 60.4 cm³/mol. The molecule has 1 aliphatic rings. The van der Waals surface area contributed by atoms with E-state index >= 15 is 0 Å². The van der Waals surface area contributed by atoms with Gasteiger partial charge in [0.1, 0.15) is 11.6 Å². The molecule has 1 aromatic carbocycles. The van der Waals surface area contributed by atoms with E-state index in [0.717, 1.165) is 25.8 Å². The van der Waals surface area contributed by atoms with Crippen LogP contribution < -0.4 is 5.32 Å². The van der Waals surface area contributed by atoms with Crippen LogP contribution in [0.15, 0.2) is 16.6 Å². The lowest BCUT2D eigenvalue weighted by molar-refractivity contribution is 0.376. The van der Waals surface area contributed by atoms with Crippen LogP contribution >= 0.6 is 15.9 Å². The Bertz CT molecular complexity index is 364. The topological polar surface area (TPSA) is 32.3 Å². The van der Waals surface area contributed by atoms with Gasteiger partial charge in [-0.15, -0.1) is 0 Å². The van der Waals surface area contributed by atoms with Gasteiger partial charge in [-0.05, 0) is 47.4 Å². The van der Waals surface area contributed by atoms with E-state index in [1.165, 1.54) is 12.1 Å². The minimum atomic E-state index is -0.338. The van der Waals surface area contributed by atoms with Crippen LogP contribution in [0.1, 0.15) is 30.9 Å². The van der Waals surface area contributed by atoms with Crippen molar-refractivity contribution < 1.29 is 9.50 Å². The summed E-state index contributed by atoms with van der Waals surface area (Å²) in [6.07, 6.45) is 3.07. The van der Waals surface area contributed by atoms with E-state index in [1.54, 1.807) is 0 Å². The zero-order chi connectivity index (χ0) is 10.8. The van der Waals surface area contributed by atoms with Crippen LogP contribution in [-0.2, 0) is 0 Å². The molecule has 4 heteroatoms. The van der Waals surface area contributed by atoms with Crippen LogP contribution in [-0.4, -0.2) is 11.7 Å². The van der Waals surface area contributed by atoms with Crippen LogP contribution in [0.5, 0.6) is 5.75 Å². The number of aromatic hydroxyl groups is 1. The van der Waals surface area contributed by atoms with Crippen LogP contribution in [0.25, 0.3) is 0 Å². The van der Waals surface area contributed by atoms with Gasteiger partial charge in [0.15, 0.2) is 0 Å². The number of benzene rings is 1. The highest BCUT2D eigenvalue weighted by atomic mass is 79.9. The van der Waals surface area contributed by atoms with Crippen molar-refractivity contribution in [3.63, 3.8) is 0 Å². The molecular formula is C11H13BrFNO. The quantitative estimate of drug-likeness (QED) is 0.824. The van der Waals surface area contributed by atoms with Crippen molar-refractivity contribution in [2.45, 2.75) is 25.3 Å². The maximum atomic E-state index is 13.6. The summed E-state index contributed by atoms with van der Waals surface area (Å²) < 4.78 is 14.1. The molecule has 0 aromatic heterocycles. The van der Waals surface area contributed by atoms with Crippen molar-refractivity contribution in [1.29, 1.82) is 0 Å². The molecule has 2 N–H and O–H groups in total. The largest absolute Gasteiger partial charge is 0.506 e. The van der Waals surface area contributed by atoms with Gasteiger partial charge in [-0.25, -0.2) is 4.39 Å². The lowest BCUT2D eigenvalue weighted by Gasteiger charge is -2.25. The molecule has 1 aliphatic heterocycles. The second kappa shape index (κ2) is 4.49. The highest BCUT2D eigenvalue weighted by molar-refractivity contribution is 9.10. The molecule has 1 aromatic rings. The zero-order valence-corrected chi connectivity index (χ0v) is 9.85. The summed E-state index contributed by atoms with van der Waals surface area (Å²) in [6.45, 7) is 0.885. The van der Waals surface area contributed by atoms with Gasteiger partial charge in [-0.3, -0.25) is 0 Å². The number of rotatable bonds is 1. The molecule has 1 heterocycles. The smallest absolute Gasteiger partial charge is 0.137 e. The molecule has 0 radical (unpaired) electrons. The van der Waals surface area contributed by atoms with E-state index in [9.17, 15) is 9.50 Å². The summed E-state index contributed by atoms with van der Waals surface area (Å²) in [5.74, 6) is -0.315. The normalized spacial score (nSPS) is 21.6. The van der Waals surface area contributed by atoms with Gasteiger partial charge < -0.3 is 10.4 Å². The molecule has 0 saturated carbocycles. The maximum Gasteiger partial charge on any atom is 0.137 e. The second-order valence-corrected chi connectivity index (χ2v) is 4.65. The van der Waals surface area contributed by atoms with Crippen LogP contribution in [0.2, 0.25) is 0 Å². The molecule has 0 aliphatic carbocycles. The van der Waals surface area contributed by atoms with Crippen molar-refractivity contribution in [3.05, 3.63) is 28.0 Å². The Morgan fingerprint density at radius 1 is 1.40 bits per heavy atom. The van der Waals surface area contributed by atoms with Crippen molar-refractivity contribution in [2.75, 3.05) is 6.54 Å². The number of phenols is 1. The average Bonchev–Trinajstić information content (AvgIpc) is 2.26. The third-order valence-corrected chi connectivity index (χ3v) is 3.41. The zero-order valence-electron chi connectivity index (χ0n) is 8.26. The van der Waals surface area contributed by atoms with Gasteiger partial charge in [-0.1, -0.05) is 6.42 Å². The summed E-state index contributed by atoms with van der Waals surface area (Å²) in [5.41, 5.74) is 0.393. The van der Waals surface area contributed by atoms with E-state index in [1.807, 2.05) is 0 Å². The van der Waals surface area contributed by atoms with Gasteiger partial charge in [0.2, 0.25) is 0 Å². The minimum absolute atomic E-state index is 0.0226. The summed E-state index contributed by atoms with van der Waals surface area (Å²) in [6, 6.07) is 2.85. The summed E-state index contributed by atoms with van der Waals surface area (Å²) >= 11 is 3.20. The average molecular weight is 274 g/mol. The lowest BCUT2D eigenvalue weighted by Crippen LogP contribution is -2.27. The SMILES string of the molecule is Oc1c(Br)ccc(F)c1[C@@H]1CCCCN1. The third-order valence-electron chi connectivity index (χ3n) is 2.77. The third kappa shape index (κ3) is 2.16. The molecule has 15 heavy (non-hydrogen) atoms. The number of hydrogen-bond acceptors (Lipinski definition) is 2. The van der Waals surface area contributed by atoms with Crippen molar-refractivity contribution in [2.24, 2.45) is 0 Å². The molecule has 2 nitrogen and oxygen atoms in total. The first-order chi connectivity index (χ1) is 7.20. The first kappa shape index (κ1) is 10.9. The van der Waals surface area contributed by atoms with Gasteiger partial charge in [0, 0.05) is 11.6 Å². The molecular weight excluding hydrogens is 261 g/mol. The van der Waals surface area contributed by atoms with E-state index in [2.05, 4.69) is 21.2 Å². The van der Waals surface area contributed by atoms with Gasteiger partial charge >= 0.3 is 0 Å². The Morgan fingerprint density at radius 3 is 2.87 bits per heavy atom. The lowest BCUT2D eigenvalue weighted by atomic mass is 9.96. The summed E-state index contributed by atoms with van der Waals surface area (Å²) in [7, 11) is 0. The van der Waals surface area contributed by atoms with Crippen molar-refractivity contribution in [3.8, 4) is 5.75 Å². The van der Waals surface area contributed by atoms with Gasteiger partial charge in [-0.2, -0.15) is 0 Å². The van der Waals surface area contributed by atoms with E-state index in [-0.39, 0.29) is 17.6 Å². The number of piperidine rings is 1. The number of nitrogens with one attached hydrogen (secondary N) is 1. The standard InChI is InChI=1S/C11H13BrFNO/c12-7-4-5-8(13)10(11(7)15)9-3-1-2-6-14-9/h4-5,9,14-15H,1-3,6H2/t9-/m0/s1. The van der Waals surface area contributed by atoms with Crippen LogP contribution in [0, 0.1) is 5.82 Å². The first-order valence-corrected chi connectivity index (χ1v) is 5.89. The number of phenolic OH excluding ortho intramolecular Hbond substituents is 1. The molecule has 0 amide bonds. The predicted octanol–water partition coefficient (Wildman–Crippen LogP) is 3.11. The van der Waals surface area contributed by atoms with Crippen LogP contribution in [0.3, 0.4) is 0 Å². The van der Waals surface area contributed by atoms with Gasteiger partial charge in [0.25, 0.3) is 0 Å². The maximum absolute atomic E-state index is 13.6. The fourth-order valence-electron chi connectivity index (χ4n) is 1.99. The van der Waals surface area contributed by atoms with E-state index < -0.39 is 0 Å². The molecule has 1 atom stereocenters. The fraction of sp³-hybridized carbons (Fsp3) is 0.455. The summed E-state index contributed by atoms with van der Waals surface area (Å²) in [4.78, 5) is 0. The monoisotopic (exact) mass is 273 g/mol. The Kier molecular flexibility index (Phi) is 3.26. The fourth-order valence-corrected chi connectivity index (χ4v) is 2.33. The Labute approximate surface area is 96.6 Å². The number of hydrogen-bond donors (Lipinski definition) is 2. The Hall–Kier alpha value is -0.610. The van der Waals surface area contributed by atoms with E-state index in [4.69, 9.17) is 0 Å². The van der Waals surface area contributed by atoms with Crippen molar-refractivity contribution in [1.82, 2.24) is 5.32 Å². The Balaban J connectivity index is 2.36. The van der Waals surface area contributed by atoms with Crippen LogP contribution in [0.4, 0.5) is 4.39 Å². The molecule has 0 bridgehead atoms. The molecule has 2 rings (SSSR count). The molecule has 0 unspecified atom stereocenters. The highest BCUT2D eigenvalue weighted by Crippen LogP contribution is 2.36. The highest BCUT2D eigenvalue weighted by Gasteiger charge is 2.22. The summed E-state index contributed by atoms with van der Waals surface area (Å²) in [5, 5.41) is 13.0. The molecule has 1 saturated heterocycles. The second-order valence-electron chi connectivity index (χ2n) is 3.79. The molecule has 1 fully saturated rings. The number of halogens is 2. The van der Waals surface area contributed by atoms with E-state index in [0.29, 0.717) is 10.0 Å². The first-order valence-electron chi connectivity index (χ1n) is 5.10. The molecule has 0 spiro atoms. The van der Waals surface area contributed by atoms with Gasteiger partial charge in [0.05, 0.1) is 4.47 Å². The van der Waals surface area contributed by atoms with Crippen molar-refractivity contribution >= 4 is 15.9 Å². The Morgan fingerprint density at radius 2 is 2.20 bits per heavy atom. The minimum Gasteiger partial charge on any atom is -0.506 e. The molecule has 82 valence electrons.